The minimum Gasteiger partial charge on any atom is -0.379 e. The highest BCUT2D eigenvalue weighted by Crippen LogP contribution is 2.26. The maximum Gasteiger partial charge on any atom is 0.252 e. The van der Waals surface area contributed by atoms with Crippen molar-refractivity contribution in [1.82, 2.24) is 9.62 Å². The van der Waals surface area contributed by atoms with Gasteiger partial charge >= 0.3 is 0 Å². The summed E-state index contributed by atoms with van der Waals surface area (Å²) < 4.78 is 32.1. The van der Waals surface area contributed by atoms with Crippen molar-refractivity contribution in [1.29, 1.82) is 0 Å². The van der Waals surface area contributed by atoms with Crippen LogP contribution < -0.4 is 11.1 Å². The van der Waals surface area contributed by atoms with Gasteiger partial charge in [0.2, 0.25) is 0 Å². The van der Waals surface area contributed by atoms with Crippen molar-refractivity contribution in [3.63, 3.8) is 0 Å². The molecule has 0 aliphatic carbocycles. The van der Waals surface area contributed by atoms with Gasteiger partial charge in [-0.25, -0.2) is 13.4 Å². The molecular formula is C14H25IN4O3S2. The Morgan fingerprint density at radius 2 is 2.08 bits per heavy atom. The molecule has 1 aliphatic heterocycles. The first-order valence-electron chi connectivity index (χ1n) is 7.60. The van der Waals surface area contributed by atoms with E-state index in [1.807, 2.05) is 0 Å². The lowest BCUT2D eigenvalue weighted by atomic mass is 10.2. The van der Waals surface area contributed by atoms with Crippen molar-refractivity contribution in [2.24, 2.45) is 16.6 Å². The number of sulfonamides is 1. The molecule has 0 amide bonds. The normalized spacial score (nSPS) is 16.9. The third-order valence-corrected chi connectivity index (χ3v) is 6.73. The Morgan fingerprint density at radius 3 is 2.71 bits per heavy atom. The largest absolute Gasteiger partial charge is 0.379 e. The van der Waals surface area contributed by atoms with Crippen LogP contribution in [0.3, 0.4) is 0 Å². The molecule has 0 spiro atoms. The smallest absolute Gasteiger partial charge is 0.252 e. The highest BCUT2D eigenvalue weighted by molar-refractivity contribution is 14.0. The zero-order chi connectivity index (χ0) is 16.9. The molecule has 3 N–H and O–H groups in total. The second-order valence-electron chi connectivity index (χ2n) is 5.71. The van der Waals surface area contributed by atoms with Crippen LogP contribution in [0.25, 0.3) is 0 Å². The van der Waals surface area contributed by atoms with E-state index in [9.17, 15) is 8.42 Å². The predicted octanol–water partition coefficient (Wildman–Crippen LogP) is 1.45. The van der Waals surface area contributed by atoms with Gasteiger partial charge in [0.15, 0.2) is 5.96 Å². The van der Waals surface area contributed by atoms with Crippen LogP contribution in [0.2, 0.25) is 0 Å². The zero-order valence-corrected chi connectivity index (χ0v) is 17.9. The van der Waals surface area contributed by atoms with Crippen molar-refractivity contribution >= 4 is 51.3 Å². The molecule has 10 heteroatoms. The van der Waals surface area contributed by atoms with Crippen LogP contribution in [0, 0.1) is 5.92 Å². The Balaban J connectivity index is 0.00000288. The number of nitrogens with zero attached hydrogens (tertiary/aromatic N) is 2. The average Bonchev–Trinajstić information content (AvgIpc) is 3.01. The molecule has 1 aliphatic rings. The molecule has 0 atom stereocenters. The van der Waals surface area contributed by atoms with Crippen molar-refractivity contribution in [2.75, 3.05) is 32.8 Å². The predicted molar refractivity (Wildman–Crippen MR) is 107 cm³/mol. The first-order valence-corrected chi connectivity index (χ1v) is 9.85. The summed E-state index contributed by atoms with van der Waals surface area (Å²) in [5.74, 6) is 0.862. The van der Waals surface area contributed by atoms with Crippen LogP contribution in [0.5, 0.6) is 0 Å². The van der Waals surface area contributed by atoms with Crippen LogP contribution in [0.15, 0.2) is 21.3 Å². The van der Waals surface area contributed by atoms with Gasteiger partial charge in [0.1, 0.15) is 4.21 Å². The third kappa shape index (κ3) is 6.14. The first-order chi connectivity index (χ1) is 10.9. The number of ether oxygens (including phenoxy) is 1. The fraction of sp³-hybridized carbons (Fsp3) is 0.643. The van der Waals surface area contributed by atoms with E-state index in [-0.39, 0.29) is 24.0 Å². The summed E-state index contributed by atoms with van der Waals surface area (Å²) in [5.41, 5.74) is 5.78. The molecule has 0 aromatic carbocycles. The molecule has 2 heterocycles. The van der Waals surface area contributed by atoms with E-state index in [1.54, 1.807) is 12.1 Å². The number of halogens is 1. The number of nitrogens with one attached hydrogen (secondary N) is 1. The minimum absolute atomic E-state index is 0. The Hall–Kier alpha value is -0.430. The van der Waals surface area contributed by atoms with Crippen LogP contribution in [0.4, 0.5) is 0 Å². The van der Waals surface area contributed by atoms with Gasteiger partial charge in [-0.2, -0.15) is 4.31 Å². The summed E-state index contributed by atoms with van der Waals surface area (Å²) in [6.45, 7) is 7.00. The summed E-state index contributed by atoms with van der Waals surface area (Å²) in [4.78, 5) is 5.11. The van der Waals surface area contributed by atoms with Crippen LogP contribution in [-0.4, -0.2) is 51.5 Å². The van der Waals surface area contributed by atoms with Gasteiger partial charge in [-0.05, 0) is 18.1 Å². The molecule has 0 bridgehead atoms. The Labute approximate surface area is 164 Å². The van der Waals surface area contributed by atoms with Crippen molar-refractivity contribution in [2.45, 2.75) is 24.6 Å². The van der Waals surface area contributed by atoms with E-state index >= 15 is 0 Å². The lowest BCUT2D eigenvalue weighted by molar-refractivity contribution is 0.0731. The maximum absolute atomic E-state index is 12.5. The van der Waals surface area contributed by atoms with E-state index in [1.165, 1.54) is 15.6 Å². The molecule has 24 heavy (non-hydrogen) atoms. The summed E-state index contributed by atoms with van der Waals surface area (Å²) in [5, 5.41) is 3.03. The zero-order valence-electron chi connectivity index (χ0n) is 13.9. The number of hydrogen-bond acceptors (Lipinski definition) is 5. The van der Waals surface area contributed by atoms with Gasteiger partial charge in [-0.3, -0.25) is 0 Å². The third-order valence-electron chi connectivity index (χ3n) is 3.30. The number of nitrogens with two attached hydrogens (primary N) is 1. The fourth-order valence-electron chi connectivity index (χ4n) is 2.02. The van der Waals surface area contributed by atoms with Gasteiger partial charge in [0.05, 0.1) is 19.8 Å². The molecule has 1 fully saturated rings. The highest BCUT2D eigenvalue weighted by Gasteiger charge is 2.27. The molecule has 0 saturated carbocycles. The molecule has 1 saturated heterocycles. The van der Waals surface area contributed by atoms with E-state index in [4.69, 9.17) is 10.5 Å². The molecule has 1 aromatic rings. The number of aliphatic imine (C=N–C) groups is 1. The van der Waals surface area contributed by atoms with Crippen LogP contribution in [0.1, 0.15) is 18.7 Å². The lowest BCUT2D eigenvalue weighted by Crippen LogP contribution is -2.40. The number of thiophene rings is 1. The van der Waals surface area contributed by atoms with E-state index in [0.717, 1.165) is 11.4 Å². The number of morpholine rings is 1. The van der Waals surface area contributed by atoms with E-state index < -0.39 is 10.0 Å². The number of guanidine groups is 1. The first kappa shape index (κ1) is 21.6. The van der Waals surface area contributed by atoms with Gasteiger partial charge in [-0.15, -0.1) is 35.3 Å². The maximum atomic E-state index is 12.5. The Kier molecular flexibility index (Phi) is 8.91. The van der Waals surface area contributed by atoms with Gasteiger partial charge in [0, 0.05) is 24.5 Å². The standard InChI is InChI=1S/C14H24N4O3S2.HI/c1-11(2)9-16-14(15)17-10-12-3-4-13(22-12)23(19,20)18-5-7-21-8-6-18;/h3-4,11H,5-10H2,1-2H3,(H3,15,16,17);1H. The molecular weight excluding hydrogens is 463 g/mol. The average molecular weight is 488 g/mol. The number of hydrogen-bond donors (Lipinski definition) is 2. The molecule has 0 radical (unpaired) electrons. The number of rotatable bonds is 6. The molecule has 7 nitrogen and oxygen atoms in total. The summed E-state index contributed by atoms with van der Waals surface area (Å²) in [6.07, 6.45) is 0. The fourth-order valence-corrected chi connectivity index (χ4v) is 4.87. The van der Waals surface area contributed by atoms with Crippen LogP contribution in [-0.2, 0) is 21.3 Å². The van der Waals surface area contributed by atoms with E-state index in [2.05, 4.69) is 24.2 Å². The minimum atomic E-state index is -3.42. The van der Waals surface area contributed by atoms with Gasteiger partial charge in [0.25, 0.3) is 10.0 Å². The van der Waals surface area contributed by atoms with Crippen molar-refractivity contribution < 1.29 is 13.2 Å². The second kappa shape index (κ2) is 9.90. The SMILES string of the molecule is CC(C)CNC(N)=NCc1ccc(S(=O)(=O)N2CCOCC2)s1.I. The molecule has 2 rings (SSSR count). The summed E-state index contributed by atoms with van der Waals surface area (Å²) in [6, 6.07) is 3.43. The van der Waals surface area contributed by atoms with E-state index in [0.29, 0.717) is 48.9 Å². The monoisotopic (exact) mass is 488 g/mol. The molecule has 138 valence electrons. The quantitative estimate of drug-likeness (QED) is 0.359. The summed E-state index contributed by atoms with van der Waals surface area (Å²) >= 11 is 1.24. The lowest BCUT2D eigenvalue weighted by Gasteiger charge is -2.25. The summed E-state index contributed by atoms with van der Waals surface area (Å²) in [7, 11) is -3.42. The van der Waals surface area contributed by atoms with Gasteiger partial charge < -0.3 is 15.8 Å². The van der Waals surface area contributed by atoms with Crippen molar-refractivity contribution in [3.05, 3.63) is 17.0 Å². The second-order valence-corrected chi connectivity index (χ2v) is 9.05. The molecule has 1 aromatic heterocycles. The van der Waals surface area contributed by atoms with Crippen LogP contribution >= 0.6 is 35.3 Å². The van der Waals surface area contributed by atoms with Gasteiger partial charge in [-0.1, -0.05) is 13.8 Å². The molecule has 0 unspecified atom stereocenters. The highest BCUT2D eigenvalue weighted by atomic mass is 127. The Bertz CT molecular complexity index is 640. The van der Waals surface area contributed by atoms with Crippen molar-refractivity contribution in [3.8, 4) is 0 Å². The Morgan fingerprint density at radius 1 is 1.42 bits per heavy atom. The topological polar surface area (TPSA) is 97.0 Å².